The number of hydrogen-bond acceptors (Lipinski definition) is 4. The molecule has 0 rings (SSSR count). The first-order valence-electron chi connectivity index (χ1n) is 10.5. The molecule has 0 aliphatic carbocycles. The topological polar surface area (TPSA) is 55.8 Å². The van der Waals surface area contributed by atoms with Gasteiger partial charge < -0.3 is 9.47 Å². The zero-order valence-electron chi connectivity index (χ0n) is 17.7. The van der Waals surface area contributed by atoms with Gasteiger partial charge in [-0.2, -0.15) is 0 Å². The van der Waals surface area contributed by atoms with Crippen LogP contribution >= 0.6 is 0 Å². The molecule has 0 aromatic carbocycles. The molecule has 5 nitrogen and oxygen atoms in total. The largest absolute Gasteiger partial charge is 0.464 e. The SMILES string of the molecule is CCCCCCCCOC(=O)N(C)[C@@H](CC(C)C)C(=O)OCCCCC. The molecule has 0 fully saturated rings. The van der Waals surface area contributed by atoms with Crippen molar-refractivity contribution in [3.05, 3.63) is 0 Å². The van der Waals surface area contributed by atoms with Gasteiger partial charge in [-0.25, -0.2) is 9.59 Å². The monoisotopic (exact) mass is 371 g/mol. The van der Waals surface area contributed by atoms with E-state index in [0.29, 0.717) is 19.6 Å². The van der Waals surface area contributed by atoms with Crippen LogP contribution in [0.15, 0.2) is 0 Å². The fraction of sp³-hybridized carbons (Fsp3) is 0.905. The summed E-state index contributed by atoms with van der Waals surface area (Å²) in [7, 11) is 1.63. The Hall–Kier alpha value is -1.26. The summed E-state index contributed by atoms with van der Waals surface area (Å²) in [6.07, 6.45) is 9.99. The molecule has 26 heavy (non-hydrogen) atoms. The quantitative estimate of drug-likeness (QED) is 0.279. The van der Waals surface area contributed by atoms with Gasteiger partial charge in [-0.15, -0.1) is 0 Å². The van der Waals surface area contributed by atoms with Crippen molar-refractivity contribution in [2.45, 2.75) is 97.9 Å². The van der Waals surface area contributed by atoms with Crippen LogP contribution in [-0.2, 0) is 14.3 Å². The van der Waals surface area contributed by atoms with Gasteiger partial charge in [0.15, 0.2) is 0 Å². The smallest absolute Gasteiger partial charge is 0.410 e. The zero-order valence-corrected chi connectivity index (χ0v) is 17.7. The van der Waals surface area contributed by atoms with Crippen LogP contribution in [0.2, 0.25) is 0 Å². The number of likely N-dealkylation sites (N-methyl/N-ethyl adjacent to an activating group) is 1. The molecule has 0 aliphatic rings. The second-order valence-corrected chi connectivity index (χ2v) is 7.51. The Kier molecular flexibility index (Phi) is 15.2. The van der Waals surface area contributed by atoms with Gasteiger partial charge >= 0.3 is 12.1 Å². The van der Waals surface area contributed by atoms with Gasteiger partial charge in [0.1, 0.15) is 6.04 Å². The van der Waals surface area contributed by atoms with E-state index < -0.39 is 12.1 Å². The van der Waals surface area contributed by atoms with Crippen LogP contribution in [0.4, 0.5) is 4.79 Å². The molecule has 0 heterocycles. The Balaban J connectivity index is 4.31. The minimum Gasteiger partial charge on any atom is -0.464 e. The van der Waals surface area contributed by atoms with Gasteiger partial charge in [0, 0.05) is 7.05 Å². The molecule has 0 aliphatic heterocycles. The minimum absolute atomic E-state index is 0.289. The Bertz CT molecular complexity index is 371. The third-order valence-electron chi connectivity index (χ3n) is 4.44. The molecule has 0 saturated carbocycles. The van der Waals surface area contributed by atoms with Crippen molar-refractivity contribution in [1.29, 1.82) is 0 Å². The second-order valence-electron chi connectivity index (χ2n) is 7.51. The van der Waals surface area contributed by atoms with Gasteiger partial charge in [-0.3, -0.25) is 4.90 Å². The van der Waals surface area contributed by atoms with E-state index in [2.05, 4.69) is 13.8 Å². The van der Waals surface area contributed by atoms with Crippen LogP contribution in [0.1, 0.15) is 91.9 Å². The Morgan fingerprint density at radius 1 is 0.808 bits per heavy atom. The van der Waals surface area contributed by atoms with Crippen molar-refractivity contribution in [1.82, 2.24) is 4.90 Å². The van der Waals surface area contributed by atoms with E-state index in [1.54, 1.807) is 7.05 Å². The third-order valence-corrected chi connectivity index (χ3v) is 4.44. The lowest BCUT2D eigenvalue weighted by Crippen LogP contribution is -2.44. The molecule has 0 aromatic rings. The van der Waals surface area contributed by atoms with E-state index in [0.717, 1.165) is 32.1 Å². The Labute approximate surface area is 160 Å². The third kappa shape index (κ3) is 12.2. The maximum atomic E-state index is 12.4. The first kappa shape index (κ1) is 24.7. The van der Waals surface area contributed by atoms with E-state index in [4.69, 9.17) is 9.47 Å². The van der Waals surface area contributed by atoms with Crippen molar-refractivity contribution >= 4 is 12.1 Å². The van der Waals surface area contributed by atoms with Crippen LogP contribution < -0.4 is 0 Å². The molecular weight excluding hydrogens is 330 g/mol. The van der Waals surface area contributed by atoms with Gasteiger partial charge in [0.25, 0.3) is 0 Å². The highest BCUT2D eigenvalue weighted by molar-refractivity contribution is 5.81. The lowest BCUT2D eigenvalue weighted by Gasteiger charge is -2.27. The summed E-state index contributed by atoms with van der Waals surface area (Å²) in [5.41, 5.74) is 0. The number of esters is 1. The summed E-state index contributed by atoms with van der Waals surface area (Å²) in [6.45, 7) is 9.20. The molecule has 0 radical (unpaired) electrons. The second kappa shape index (κ2) is 16.0. The number of rotatable bonds is 15. The van der Waals surface area contributed by atoms with E-state index in [-0.39, 0.29) is 11.9 Å². The van der Waals surface area contributed by atoms with Crippen LogP contribution in [0.3, 0.4) is 0 Å². The van der Waals surface area contributed by atoms with Gasteiger partial charge in [-0.05, 0) is 25.2 Å². The molecule has 0 aromatic heterocycles. The molecule has 1 amide bonds. The molecule has 0 bridgehead atoms. The lowest BCUT2D eigenvalue weighted by molar-refractivity contribution is -0.149. The number of hydrogen-bond donors (Lipinski definition) is 0. The highest BCUT2D eigenvalue weighted by atomic mass is 16.6. The van der Waals surface area contributed by atoms with Gasteiger partial charge in [0.05, 0.1) is 13.2 Å². The summed E-state index contributed by atoms with van der Waals surface area (Å²) in [6, 6.07) is -0.575. The van der Waals surface area contributed by atoms with Crippen molar-refractivity contribution in [3.8, 4) is 0 Å². The predicted molar refractivity (Wildman–Crippen MR) is 106 cm³/mol. The van der Waals surface area contributed by atoms with E-state index >= 15 is 0 Å². The van der Waals surface area contributed by atoms with Gasteiger partial charge in [0.2, 0.25) is 0 Å². The maximum Gasteiger partial charge on any atom is 0.410 e. The molecule has 0 spiro atoms. The average Bonchev–Trinajstić information content (AvgIpc) is 2.61. The number of unbranched alkanes of at least 4 members (excludes halogenated alkanes) is 7. The van der Waals surface area contributed by atoms with Crippen molar-refractivity contribution < 1.29 is 19.1 Å². The number of amides is 1. The molecular formula is C21H41NO4. The summed E-state index contributed by atoms with van der Waals surface area (Å²) in [4.78, 5) is 26.1. The number of ether oxygens (including phenoxy) is 2. The minimum atomic E-state index is -0.575. The van der Waals surface area contributed by atoms with Crippen molar-refractivity contribution in [2.24, 2.45) is 5.92 Å². The van der Waals surface area contributed by atoms with Crippen LogP contribution in [0, 0.1) is 5.92 Å². The van der Waals surface area contributed by atoms with Crippen LogP contribution in [0.25, 0.3) is 0 Å². The first-order chi connectivity index (χ1) is 12.4. The molecule has 0 saturated heterocycles. The highest BCUT2D eigenvalue weighted by Crippen LogP contribution is 2.14. The normalized spacial score (nSPS) is 12.1. The van der Waals surface area contributed by atoms with Gasteiger partial charge in [-0.1, -0.05) is 72.6 Å². The highest BCUT2D eigenvalue weighted by Gasteiger charge is 2.29. The molecule has 1 atom stereocenters. The molecule has 0 N–H and O–H groups in total. The summed E-state index contributed by atoms with van der Waals surface area (Å²) < 4.78 is 10.7. The summed E-state index contributed by atoms with van der Waals surface area (Å²) in [5.74, 6) is -0.0363. The van der Waals surface area contributed by atoms with Crippen LogP contribution in [-0.4, -0.2) is 43.3 Å². The van der Waals surface area contributed by atoms with E-state index in [9.17, 15) is 9.59 Å². The summed E-state index contributed by atoms with van der Waals surface area (Å²) >= 11 is 0. The van der Waals surface area contributed by atoms with Crippen molar-refractivity contribution in [3.63, 3.8) is 0 Å². The van der Waals surface area contributed by atoms with Crippen molar-refractivity contribution in [2.75, 3.05) is 20.3 Å². The summed E-state index contributed by atoms with van der Waals surface area (Å²) in [5, 5.41) is 0. The fourth-order valence-corrected chi connectivity index (χ4v) is 2.75. The first-order valence-corrected chi connectivity index (χ1v) is 10.5. The predicted octanol–water partition coefficient (Wildman–Crippen LogP) is 5.56. The zero-order chi connectivity index (χ0) is 19.8. The number of nitrogens with zero attached hydrogens (tertiary/aromatic N) is 1. The van der Waals surface area contributed by atoms with E-state index in [1.807, 2.05) is 13.8 Å². The fourth-order valence-electron chi connectivity index (χ4n) is 2.75. The average molecular weight is 372 g/mol. The number of carbonyl (C=O) groups is 2. The number of carbonyl (C=O) groups excluding carboxylic acids is 2. The lowest BCUT2D eigenvalue weighted by atomic mass is 10.0. The van der Waals surface area contributed by atoms with Crippen LogP contribution in [0.5, 0.6) is 0 Å². The molecule has 154 valence electrons. The maximum absolute atomic E-state index is 12.4. The Morgan fingerprint density at radius 3 is 1.92 bits per heavy atom. The molecule has 0 unspecified atom stereocenters. The van der Waals surface area contributed by atoms with E-state index in [1.165, 1.54) is 30.6 Å². The molecule has 5 heteroatoms. The Morgan fingerprint density at radius 2 is 1.31 bits per heavy atom. The standard InChI is InChI=1S/C21H41NO4/c1-6-8-10-11-12-14-16-26-21(24)22(5)19(17-18(3)4)20(23)25-15-13-9-7-2/h18-19H,6-17H2,1-5H3/t19-/m0/s1.